The number of aliphatic hydroxyl groups is 1. The van der Waals surface area contributed by atoms with Crippen molar-refractivity contribution in [3.05, 3.63) is 33.7 Å². The van der Waals surface area contributed by atoms with Gasteiger partial charge in [0.15, 0.2) is 5.82 Å². The van der Waals surface area contributed by atoms with Crippen molar-refractivity contribution >= 4 is 35.6 Å². The van der Waals surface area contributed by atoms with Crippen LogP contribution in [0.4, 0.5) is 21.4 Å². The van der Waals surface area contributed by atoms with Gasteiger partial charge in [0.1, 0.15) is 17.0 Å². The molecule has 13 nitrogen and oxygen atoms in total. The number of hydrazine groups is 1. The fourth-order valence-electron chi connectivity index (χ4n) is 5.68. The first-order valence-corrected chi connectivity index (χ1v) is 13.2. The van der Waals surface area contributed by atoms with Crippen molar-refractivity contribution in [2.75, 3.05) is 17.0 Å². The number of amides is 2. The van der Waals surface area contributed by atoms with Crippen LogP contribution < -0.4 is 14.6 Å². The second-order valence-electron chi connectivity index (χ2n) is 12.0. The van der Waals surface area contributed by atoms with Gasteiger partial charge in [0.2, 0.25) is 5.95 Å². The van der Waals surface area contributed by atoms with Crippen LogP contribution in [-0.2, 0) is 12.1 Å². The van der Waals surface area contributed by atoms with Crippen molar-refractivity contribution in [1.82, 2.24) is 20.0 Å². The molecule has 3 rings (SSSR count). The number of aryl methyl sites for hydroxylation is 1. The number of carboxylic acid groups (broad SMARTS) is 2. The summed E-state index contributed by atoms with van der Waals surface area (Å²) in [6.45, 7) is 15.4. The monoisotopic (exact) mass is 589 g/mol. The second kappa shape index (κ2) is 10.9. The smallest absolute Gasteiger partial charge is 0.424 e. The number of nitriles is 1. The van der Waals surface area contributed by atoms with Crippen molar-refractivity contribution in [3.63, 3.8) is 0 Å². The van der Waals surface area contributed by atoms with Crippen LogP contribution in [0.5, 0.6) is 5.75 Å². The first-order chi connectivity index (χ1) is 18.8. The largest absolute Gasteiger partial charge is 0.496 e. The molecule has 0 spiro atoms. The molecule has 222 valence electrons. The maximum Gasteiger partial charge on any atom is 0.424 e. The zero-order valence-electron chi connectivity index (χ0n) is 24.6. The zero-order valence-corrected chi connectivity index (χ0v) is 25.4. The molecule has 2 aromatic rings. The first-order valence-electron chi connectivity index (χ1n) is 12.8. The molecule has 3 heterocycles. The average molecular weight is 590 g/mol. The molecule has 41 heavy (non-hydrogen) atoms. The standard InChI is InChI=1S/C27H36ClN7O6/c1-14-12-30-17(15(2)19(14)41-9)13-33-21-18(20(28)31-22(32-21)34(23(37)38)24(39)40)27(25(3,4)5,10-16(36)11-29)35(33)26(6,7)8/h12,16,36H,10,13H2,1-9H3,(H,37,38)(H,39,40). The van der Waals surface area contributed by atoms with Crippen LogP contribution in [0.1, 0.15) is 70.3 Å². The van der Waals surface area contributed by atoms with Gasteiger partial charge in [-0.3, -0.25) is 9.99 Å². The van der Waals surface area contributed by atoms with E-state index >= 15 is 0 Å². The topological polar surface area (TPSA) is 176 Å². The van der Waals surface area contributed by atoms with Crippen LogP contribution in [-0.4, -0.2) is 66.2 Å². The van der Waals surface area contributed by atoms with E-state index in [1.165, 1.54) is 0 Å². The molecule has 2 amide bonds. The van der Waals surface area contributed by atoms with Crippen LogP contribution in [0, 0.1) is 30.6 Å². The van der Waals surface area contributed by atoms with Gasteiger partial charge in [0.05, 0.1) is 36.5 Å². The van der Waals surface area contributed by atoms with Crippen molar-refractivity contribution in [1.29, 1.82) is 5.26 Å². The summed E-state index contributed by atoms with van der Waals surface area (Å²) in [5.41, 5.74) is -0.153. The number of anilines is 2. The van der Waals surface area contributed by atoms with E-state index in [1.807, 2.05) is 66.5 Å². The minimum Gasteiger partial charge on any atom is -0.496 e. The van der Waals surface area contributed by atoms with Crippen LogP contribution in [0.25, 0.3) is 0 Å². The molecule has 0 bridgehead atoms. The third kappa shape index (κ3) is 5.35. The summed E-state index contributed by atoms with van der Waals surface area (Å²) >= 11 is 6.81. The molecule has 0 aliphatic carbocycles. The number of hydrogen-bond acceptors (Lipinski definition) is 10. The van der Waals surface area contributed by atoms with Gasteiger partial charge >= 0.3 is 12.2 Å². The Hall–Kier alpha value is -3.73. The summed E-state index contributed by atoms with van der Waals surface area (Å²) < 4.78 is 5.60. The highest BCUT2D eigenvalue weighted by molar-refractivity contribution is 6.31. The lowest BCUT2D eigenvalue weighted by molar-refractivity contribution is -0.0845. The molecule has 3 N–H and O–H groups in total. The van der Waals surface area contributed by atoms with E-state index < -0.39 is 40.7 Å². The van der Waals surface area contributed by atoms with E-state index in [-0.39, 0.29) is 28.8 Å². The summed E-state index contributed by atoms with van der Waals surface area (Å²) in [4.78, 5) is 36.9. The van der Waals surface area contributed by atoms with Crippen LogP contribution in [0.2, 0.25) is 5.15 Å². The highest BCUT2D eigenvalue weighted by atomic mass is 35.5. The molecule has 1 aliphatic heterocycles. The Morgan fingerprint density at radius 1 is 1.17 bits per heavy atom. The molecule has 2 atom stereocenters. The van der Waals surface area contributed by atoms with Gasteiger partial charge < -0.3 is 20.1 Å². The number of carbonyl (C=O) groups is 2. The number of ether oxygens (including phenoxy) is 1. The molecule has 0 fully saturated rings. The van der Waals surface area contributed by atoms with Gasteiger partial charge in [-0.2, -0.15) is 15.2 Å². The van der Waals surface area contributed by atoms with Crippen LogP contribution >= 0.6 is 11.6 Å². The lowest BCUT2D eigenvalue weighted by Gasteiger charge is -2.55. The summed E-state index contributed by atoms with van der Waals surface area (Å²) in [7, 11) is 1.56. The Morgan fingerprint density at radius 2 is 1.76 bits per heavy atom. The molecule has 14 heteroatoms. The van der Waals surface area contributed by atoms with E-state index in [2.05, 4.69) is 15.0 Å². The predicted molar refractivity (Wildman–Crippen MR) is 151 cm³/mol. The van der Waals surface area contributed by atoms with E-state index in [9.17, 15) is 30.2 Å². The Morgan fingerprint density at radius 3 is 2.22 bits per heavy atom. The predicted octanol–water partition coefficient (Wildman–Crippen LogP) is 4.86. The number of nitrogens with zero attached hydrogens (tertiary/aromatic N) is 7. The first kappa shape index (κ1) is 31.8. The molecule has 0 aromatic carbocycles. The van der Waals surface area contributed by atoms with Crippen LogP contribution in [0.15, 0.2) is 6.20 Å². The highest BCUT2D eigenvalue weighted by Crippen LogP contribution is 2.60. The van der Waals surface area contributed by atoms with E-state index in [0.29, 0.717) is 17.0 Å². The SMILES string of the molecule is COc1c(C)cnc(CN2c3nc(N(C(=O)O)C(=O)O)nc(Cl)c3C(CC(O)C#N)(C(C)(C)C)N2C(C)(C)C)c1C. The van der Waals surface area contributed by atoms with E-state index in [0.717, 1.165) is 11.1 Å². The lowest BCUT2D eigenvalue weighted by atomic mass is 9.66. The third-order valence-corrected chi connectivity index (χ3v) is 7.51. The van der Waals surface area contributed by atoms with Gasteiger partial charge in [-0.05, 0) is 40.0 Å². The normalized spacial score (nSPS) is 18.0. The number of fused-ring (bicyclic) bond motifs is 1. The number of aromatic nitrogens is 3. The minimum absolute atomic E-state index is 0.0224. The Kier molecular flexibility index (Phi) is 8.47. The quantitative estimate of drug-likeness (QED) is 0.308. The highest BCUT2D eigenvalue weighted by Gasteiger charge is 2.62. The Labute approximate surface area is 243 Å². The van der Waals surface area contributed by atoms with Gasteiger partial charge in [-0.15, -0.1) is 4.90 Å². The third-order valence-electron chi connectivity index (χ3n) is 7.24. The fraction of sp³-hybridized carbons (Fsp3) is 0.556. The molecular weight excluding hydrogens is 554 g/mol. The summed E-state index contributed by atoms with van der Waals surface area (Å²) in [6, 6.07) is 1.90. The van der Waals surface area contributed by atoms with Crippen LogP contribution in [0.3, 0.4) is 0 Å². The van der Waals surface area contributed by atoms with Crippen molar-refractivity contribution in [3.8, 4) is 11.8 Å². The molecule has 2 aromatic heterocycles. The van der Waals surface area contributed by atoms with Crippen molar-refractivity contribution in [2.24, 2.45) is 5.41 Å². The van der Waals surface area contributed by atoms with Gasteiger partial charge in [-0.1, -0.05) is 32.4 Å². The summed E-state index contributed by atoms with van der Waals surface area (Å²) in [5, 5.41) is 43.2. The van der Waals surface area contributed by atoms with Gasteiger partial charge in [-0.25, -0.2) is 14.6 Å². The fourth-order valence-corrected chi connectivity index (χ4v) is 6.00. The minimum atomic E-state index is -1.81. The lowest BCUT2D eigenvalue weighted by Crippen LogP contribution is -2.64. The maximum atomic E-state index is 11.9. The van der Waals surface area contributed by atoms with Gasteiger partial charge in [0, 0.05) is 29.3 Å². The molecule has 0 radical (unpaired) electrons. The number of halogens is 1. The Balaban J connectivity index is 2.50. The van der Waals surface area contributed by atoms with Crippen molar-refractivity contribution in [2.45, 2.75) is 85.5 Å². The number of rotatable bonds is 6. The Bertz CT molecular complexity index is 1400. The zero-order chi connectivity index (χ0) is 31.2. The van der Waals surface area contributed by atoms with Crippen molar-refractivity contribution < 1.29 is 29.6 Å². The van der Waals surface area contributed by atoms with E-state index in [1.54, 1.807) is 18.3 Å². The summed E-state index contributed by atoms with van der Waals surface area (Å²) in [6.07, 6.45) is -3.48. The molecule has 1 aliphatic rings. The molecule has 2 unspecified atom stereocenters. The molecular formula is C27H36ClN7O6. The maximum absolute atomic E-state index is 11.9. The molecule has 0 saturated carbocycles. The number of imide groups is 1. The molecule has 0 saturated heterocycles. The second-order valence-corrected chi connectivity index (χ2v) is 12.3. The van der Waals surface area contributed by atoms with Gasteiger partial charge in [0.25, 0.3) is 0 Å². The van der Waals surface area contributed by atoms with E-state index in [4.69, 9.17) is 16.3 Å². The summed E-state index contributed by atoms with van der Waals surface area (Å²) in [5.74, 6) is 0.107. The number of pyridine rings is 1. The number of methoxy groups -OCH3 is 1. The average Bonchev–Trinajstić information content (AvgIpc) is 3.11. The number of hydrogen-bond donors (Lipinski definition) is 3. The number of aliphatic hydroxyl groups excluding tert-OH is 1.